The van der Waals surface area contributed by atoms with Gasteiger partial charge in [0.25, 0.3) is 0 Å². The first-order chi connectivity index (χ1) is 24.2. The number of anilines is 1. The number of halogens is 6. The minimum Gasteiger partial charge on any atom is -0.369 e. The van der Waals surface area contributed by atoms with Gasteiger partial charge in [0.2, 0.25) is 22.4 Å². The molecule has 0 aliphatic heterocycles. The van der Waals surface area contributed by atoms with E-state index in [9.17, 15) is 27.6 Å². The van der Waals surface area contributed by atoms with E-state index < -0.39 is 30.0 Å². The average Bonchev–Trinajstić information content (AvgIpc) is 3.87. The van der Waals surface area contributed by atoms with Crippen molar-refractivity contribution in [3.05, 3.63) is 88.6 Å². The van der Waals surface area contributed by atoms with Crippen LogP contribution >= 0.6 is 34.8 Å². The smallest absolute Gasteiger partial charge is 0.369 e. The lowest BCUT2D eigenvalue weighted by Crippen LogP contribution is -2.51. The Bertz CT molecular complexity index is 2070. The summed E-state index contributed by atoms with van der Waals surface area (Å²) in [6.45, 7) is 0. The van der Waals surface area contributed by atoms with E-state index in [-0.39, 0.29) is 46.2 Å². The van der Waals surface area contributed by atoms with Crippen molar-refractivity contribution in [1.29, 1.82) is 0 Å². The standard InChI is InChI=1S/C16H15ClN4O.C10H11F3N2O2.C8H4Cl2N2/c17-16-19-11-4-2-1-3-10(11)15(21-16)20-13-9-6-5-8(7-9)12(13)14(18)22;11-10(12,13)9(17)15-7-5-2-1-4(3-5)6(7)8(14)16;9-7-5-3-1-2-4-6(5)11-8(10)12-7/h1-6,8-9,12-13H,7H2,(H2,18,22)(H,19,20,21);1-2,4-7H,3H2,(H2,14,16)(H,15,17);1-4H. The molecular weight excluding hydrogens is 732 g/mol. The lowest BCUT2D eigenvalue weighted by atomic mass is 9.88. The molecule has 17 heteroatoms. The second-order valence-electron chi connectivity index (χ2n) is 12.6. The highest BCUT2D eigenvalue weighted by atomic mass is 35.5. The molecule has 0 radical (unpaired) electrons. The molecule has 2 heterocycles. The van der Waals surface area contributed by atoms with Crippen LogP contribution in [0.1, 0.15) is 12.8 Å². The molecule has 4 aliphatic rings. The summed E-state index contributed by atoms with van der Waals surface area (Å²) >= 11 is 17.5. The second kappa shape index (κ2) is 14.6. The summed E-state index contributed by atoms with van der Waals surface area (Å²) in [6.07, 6.45) is 4.35. The van der Waals surface area contributed by atoms with Crippen LogP contribution in [-0.2, 0) is 14.4 Å². The molecule has 2 saturated carbocycles. The quantitative estimate of drug-likeness (QED) is 0.115. The number of primary amides is 2. The van der Waals surface area contributed by atoms with Crippen molar-refractivity contribution in [3.63, 3.8) is 0 Å². The van der Waals surface area contributed by atoms with Crippen LogP contribution in [0.3, 0.4) is 0 Å². The first-order valence-electron chi connectivity index (χ1n) is 15.8. The molecule has 2 fully saturated rings. The van der Waals surface area contributed by atoms with Gasteiger partial charge in [0.05, 0.1) is 22.9 Å². The van der Waals surface area contributed by atoms with Gasteiger partial charge in [-0.15, -0.1) is 0 Å². The summed E-state index contributed by atoms with van der Waals surface area (Å²) in [5, 5.41) is 7.74. The van der Waals surface area contributed by atoms with Crippen molar-refractivity contribution in [3.8, 4) is 0 Å². The molecule has 2 aromatic heterocycles. The third-order valence-corrected chi connectivity index (χ3v) is 10.2. The maximum atomic E-state index is 12.1. The molecule has 4 aliphatic carbocycles. The predicted octanol–water partition coefficient (Wildman–Crippen LogP) is 5.65. The number of amides is 3. The molecular formula is C34H30Cl3F3N8O3. The van der Waals surface area contributed by atoms with Crippen molar-refractivity contribution in [1.82, 2.24) is 25.3 Å². The Kier molecular flexibility index (Phi) is 10.4. The van der Waals surface area contributed by atoms with E-state index in [4.69, 9.17) is 46.3 Å². The predicted molar refractivity (Wildman–Crippen MR) is 186 cm³/mol. The second-order valence-corrected chi connectivity index (χ2v) is 13.6. The van der Waals surface area contributed by atoms with Gasteiger partial charge in [-0.2, -0.15) is 13.2 Å². The molecule has 0 saturated heterocycles. The highest BCUT2D eigenvalue weighted by molar-refractivity contribution is 6.35. The third kappa shape index (κ3) is 7.72. The number of aromatic nitrogens is 4. The Morgan fingerprint density at radius 1 is 0.667 bits per heavy atom. The van der Waals surface area contributed by atoms with E-state index in [1.807, 2.05) is 53.8 Å². The summed E-state index contributed by atoms with van der Waals surface area (Å²) in [4.78, 5) is 50.2. The third-order valence-electron chi connectivity index (χ3n) is 9.54. The molecule has 51 heavy (non-hydrogen) atoms. The van der Waals surface area contributed by atoms with Crippen LogP contribution in [0.15, 0.2) is 72.8 Å². The minimum absolute atomic E-state index is 0.0399. The Balaban J connectivity index is 0.000000138. The van der Waals surface area contributed by atoms with Crippen LogP contribution in [0, 0.1) is 35.5 Å². The van der Waals surface area contributed by atoms with Crippen molar-refractivity contribution in [2.45, 2.75) is 31.1 Å². The number of alkyl halides is 3. The number of hydrogen-bond donors (Lipinski definition) is 4. The number of allylic oxidation sites excluding steroid dienone is 2. The fraction of sp³-hybridized carbons (Fsp3) is 0.324. The number of hydrogen-bond acceptors (Lipinski definition) is 8. The number of para-hydroxylation sites is 2. The van der Waals surface area contributed by atoms with Crippen molar-refractivity contribution in [2.75, 3.05) is 5.32 Å². The van der Waals surface area contributed by atoms with Gasteiger partial charge < -0.3 is 22.1 Å². The molecule has 4 bridgehead atoms. The van der Waals surface area contributed by atoms with Gasteiger partial charge in [0.15, 0.2) is 0 Å². The zero-order valence-electron chi connectivity index (χ0n) is 26.4. The van der Waals surface area contributed by atoms with E-state index in [0.29, 0.717) is 23.3 Å². The molecule has 266 valence electrons. The van der Waals surface area contributed by atoms with Crippen LogP contribution in [0.4, 0.5) is 19.0 Å². The van der Waals surface area contributed by atoms with Gasteiger partial charge in [-0.05, 0) is 84.0 Å². The fourth-order valence-electron chi connectivity index (χ4n) is 7.37. The van der Waals surface area contributed by atoms with Crippen molar-refractivity contribution >= 4 is 80.1 Å². The number of carbonyl (C=O) groups is 3. The SMILES string of the molecule is Clc1nc(Cl)c2ccccc2n1.NC(=O)C1C2C=CC(C2)C1NC(=O)C(F)(F)F.NC(=O)C1C2C=CC(C2)C1Nc1nc(Cl)nc2ccccc12. The fourth-order valence-corrected chi connectivity index (χ4v) is 8.01. The van der Waals surface area contributed by atoms with Gasteiger partial charge in [-0.3, -0.25) is 14.4 Å². The van der Waals surface area contributed by atoms with Crippen LogP contribution < -0.4 is 22.1 Å². The van der Waals surface area contributed by atoms with Gasteiger partial charge in [-0.1, -0.05) is 60.2 Å². The monoisotopic (exact) mass is 760 g/mol. The van der Waals surface area contributed by atoms with Gasteiger partial charge in [0, 0.05) is 22.9 Å². The van der Waals surface area contributed by atoms with E-state index >= 15 is 0 Å². The van der Waals surface area contributed by atoms with Crippen molar-refractivity contribution < 1.29 is 27.6 Å². The molecule has 8 atom stereocenters. The van der Waals surface area contributed by atoms with Gasteiger partial charge >= 0.3 is 12.1 Å². The highest BCUT2D eigenvalue weighted by Gasteiger charge is 2.51. The number of rotatable bonds is 5. The maximum absolute atomic E-state index is 12.1. The van der Waals surface area contributed by atoms with Crippen molar-refractivity contribution in [2.24, 2.45) is 47.0 Å². The summed E-state index contributed by atoms with van der Waals surface area (Å²) in [6, 6.07) is 14.2. The lowest BCUT2D eigenvalue weighted by Gasteiger charge is -2.27. The van der Waals surface area contributed by atoms with Gasteiger partial charge in [-0.25, -0.2) is 19.9 Å². The number of nitrogens with zero attached hydrogens (tertiary/aromatic N) is 4. The zero-order chi connectivity index (χ0) is 36.6. The van der Waals surface area contributed by atoms with Crippen LogP contribution in [0.25, 0.3) is 21.8 Å². The van der Waals surface area contributed by atoms with Crippen LogP contribution in [-0.4, -0.2) is 55.9 Å². The summed E-state index contributed by atoms with van der Waals surface area (Å²) in [5.74, 6) is -3.10. The molecule has 2 aromatic carbocycles. The molecule has 8 unspecified atom stereocenters. The topological polar surface area (TPSA) is 179 Å². The number of benzene rings is 2. The Hall–Kier alpha value is -4.53. The minimum atomic E-state index is -4.94. The summed E-state index contributed by atoms with van der Waals surface area (Å²) in [7, 11) is 0. The summed E-state index contributed by atoms with van der Waals surface area (Å²) in [5.41, 5.74) is 12.3. The highest BCUT2D eigenvalue weighted by Crippen LogP contribution is 2.45. The number of nitrogens with one attached hydrogen (secondary N) is 2. The first-order valence-corrected chi connectivity index (χ1v) is 16.9. The Morgan fingerprint density at radius 3 is 1.71 bits per heavy atom. The van der Waals surface area contributed by atoms with E-state index in [0.717, 1.165) is 28.2 Å². The molecule has 4 aromatic rings. The van der Waals surface area contributed by atoms with Crippen LogP contribution in [0.5, 0.6) is 0 Å². The normalized spacial score (nSPS) is 26.7. The largest absolute Gasteiger partial charge is 0.471 e. The maximum Gasteiger partial charge on any atom is 0.471 e. The Morgan fingerprint density at radius 2 is 1.14 bits per heavy atom. The molecule has 0 spiro atoms. The lowest BCUT2D eigenvalue weighted by molar-refractivity contribution is -0.175. The summed E-state index contributed by atoms with van der Waals surface area (Å²) < 4.78 is 36.4. The number of fused-ring (bicyclic) bond motifs is 6. The number of nitrogens with two attached hydrogens (primary N) is 2. The van der Waals surface area contributed by atoms with Crippen LogP contribution in [0.2, 0.25) is 15.7 Å². The Labute approximate surface area is 304 Å². The van der Waals surface area contributed by atoms with E-state index in [1.165, 1.54) is 0 Å². The number of carbonyl (C=O) groups excluding carboxylic acids is 3. The molecule has 11 nitrogen and oxygen atoms in total. The molecule has 3 amide bonds. The molecule has 8 rings (SSSR count). The molecule has 6 N–H and O–H groups in total. The van der Waals surface area contributed by atoms with E-state index in [2.05, 4.69) is 37.4 Å². The van der Waals surface area contributed by atoms with Gasteiger partial charge in [0.1, 0.15) is 11.0 Å². The van der Waals surface area contributed by atoms with E-state index in [1.54, 1.807) is 12.2 Å². The average molecular weight is 762 g/mol. The zero-order valence-corrected chi connectivity index (χ0v) is 28.7. The first kappa shape index (κ1) is 36.3.